The number of hydrogen-bond acceptors (Lipinski definition) is 2. The Morgan fingerprint density at radius 3 is 2.47 bits per heavy atom. The number of carboxylic acid groups (broad SMARTS) is 1. The SMILES string of the molecule is CCC(C)(C)NC(=O)N[C@H]1CC[C@@H](C(=O)O)C1. The van der Waals surface area contributed by atoms with E-state index in [0.717, 1.165) is 12.8 Å². The number of aliphatic carboxylic acids is 1. The standard InChI is InChI=1S/C12H22N2O3/c1-4-12(2,3)14-11(17)13-9-6-5-8(7-9)10(15)16/h8-9H,4-7H2,1-3H3,(H,15,16)(H2,13,14,17)/t8-,9+/m1/s1. The van der Waals surface area contributed by atoms with Gasteiger partial charge in [0.15, 0.2) is 0 Å². The van der Waals surface area contributed by atoms with Crippen LogP contribution in [0.4, 0.5) is 4.79 Å². The molecule has 0 bridgehead atoms. The summed E-state index contributed by atoms with van der Waals surface area (Å²) in [4.78, 5) is 22.5. The molecule has 1 rings (SSSR count). The Labute approximate surface area is 102 Å². The van der Waals surface area contributed by atoms with Crippen LogP contribution in [0.3, 0.4) is 0 Å². The van der Waals surface area contributed by atoms with Gasteiger partial charge in [0.05, 0.1) is 5.92 Å². The van der Waals surface area contributed by atoms with Gasteiger partial charge >= 0.3 is 12.0 Å². The fraction of sp³-hybridized carbons (Fsp3) is 0.833. The predicted octanol–water partition coefficient (Wildman–Crippen LogP) is 1.73. The summed E-state index contributed by atoms with van der Waals surface area (Å²) < 4.78 is 0. The van der Waals surface area contributed by atoms with Crippen molar-refractivity contribution in [2.75, 3.05) is 0 Å². The van der Waals surface area contributed by atoms with Crippen LogP contribution in [0.5, 0.6) is 0 Å². The van der Waals surface area contributed by atoms with Gasteiger partial charge in [-0.25, -0.2) is 4.79 Å². The van der Waals surface area contributed by atoms with Crippen LogP contribution in [0.1, 0.15) is 46.5 Å². The van der Waals surface area contributed by atoms with E-state index in [1.807, 2.05) is 20.8 Å². The van der Waals surface area contributed by atoms with Gasteiger partial charge in [0.25, 0.3) is 0 Å². The number of carbonyl (C=O) groups is 2. The molecule has 1 aliphatic carbocycles. The van der Waals surface area contributed by atoms with Gasteiger partial charge in [0, 0.05) is 11.6 Å². The Hall–Kier alpha value is -1.26. The molecule has 0 saturated heterocycles. The quantitative estimate of drug-likeness (QED) is 0.702. The highest BCUT2D eigenvalue weighted by Gasteiger charge is 2.31. The highest BCUT2D eigenvalue weighted by atomic mass is 16.4. The van der Waals surface area contributed by atoms with Gasteiger partial charge in [0.1, 0.15) is 0 Å². The molecule has 2 amide bonds. The second-order valence-corrected chi connectivity index (χ2v) is 5.38. The van der Waals surface area contributed by atoms with Gasteiger partial charge in [-0.05, 0) is 39.5 Å². The summed E-state index contributed by atoms with van der Waals surface area (Å²) in [5.74, 6) is -1.07. The van der Waals surface area contributed by atoms with E-state index < -0.39 is 5.97 Å². The summed E-state index contributed by atoms with van der Waals surface area (Å²) in [6.45, 7) is 5.93. The first kappa shape index (κ1) is 13.8. The number of urea groups is 1. The predicted molar refractivity (Wildman–Crippen MR) is 64.8 cm³/mol. The van der Waals surface area contributed by atoms with E-state index in [-0.39, 0.29) is 23.5 Å². The summed E-state index contributed by atoms with van der Waals surface area (Å²) in [6, 6.07) is -0.211. The molecule has 0 aliphatic heterocycles. The van der Waals surface area contributed by atoms with Crippen molar-refractivity contribution >= 4 is 12.0 Å². The van der Waals surface area contributed by atoms with Crippen LogP contribution in [0.15, 0.2) is 0 Å². The van der Waals surface area contributed by atoms with E-state index in [4.69, 9.17) is 5.11 Å². The lowest BCUT2D eigenvalue weighted by Gasteiger charge is -2.25. The average molecular weight is 242 g/mol. The molecule has 0 aromatic rings. The summed E-state index contributed by atoms with van der Waals surface area (Å²) in [5, 5.41) is 14.6. The second kappa shape index (κ2) is 5.38. The van der Waals surface area contributed by atoms with Crippen LogP contribution in [-0.2, 0) is 4.79 Å². The zero-order valence-electron chi connectivity index (χ0n) is 10.7. The molecular weight excluding hydrogens is 220 g/mol. The molecule has 0 unspecified atom stereocenters. The van der Waals surface area contributed by atoms with Crippen molar-refractivity contribution in [3.8, 4) is 0 Å². The maximum absolute atomic E-state index is 11.7. The molecule has 1 aliphatic rings. The molecule has 5 nitrogen and oxygen atoms in total. The lowest BCUT2D eigenvalue weighted by molar-refractivity contribution is -0.141. The zero-order valence-corrected chi connectivity index (χ0v) is 10.7. The molecule has 1 fully saturated rings. The van der Waals surface area contributed by atoms with Crippen LogP contribution >= 0.6 is 0 Å². The Balaban J connectivity index is 2.36. The van der Waals surface area contributed by atoms with Crippen LogP contribution < -0.4 is 10.6 Å². The van der Waals surface area contributed by atoms with Crippen molar-refractivity contribution in [3.05, 3.63) is 0 Å². The van der Waals surface area contributed by atoms with Gasteiger partial charge in [-0.2, -0.15) is 0 Å². The van der Waals surface area contributed by atoms with Crippen LogP contribution in [0.25, 0.3) is 0 Å². The number of carboxylic acids is 1. The Morgan fingerprint density at radius 2 is 2.00 bits per heavy atom. The molecule has 0 heterocycles. The average Bonchev–Trinajstić information content (AvgIpc) is 2.65. The highest BCUT2D eigenvalue weighted by molar-refractivity contribution is 5.75. The summed E-state index contributed by atoms with van der Waals surface area (Å²) in [5.41, 5.74) is -0.227. The Bertz CT molecular complexity index is 302. The van der Waals surface area contributed by atoms with Gasteiger partial charge in [-0.15, -0.1) is 0 Å². The van der Waals surface area contributed by atoms with E-state index in [1.54, 1.807) is 0 Å². The highest BCUT2D eigenvalue weighted by Crippen LogP contribution is 2.25. The third kappa shape index (κ3) is 4.24. The molecule has 1 saturated carbocycles. The van der Waals surface area contributed by atoms with Crippen molar-refractivity contribution in [2.24, 2.45) is 5.92 Å². The fourth-order valence-electron chi connectivity index (χ4n) is 1.95. The molecule has 2 atom stereocenters. The maximum atomic E-state index is 11.7. The summed E-state index contributed by atoms with van der Waals surface area (Å²) in [7, 11) is 0. The Morgan fingerprint density at radius 1 is 1.35 bits per heavy atom. The molecular formula is C12H22N2O3. The van der Waals surface area contributed by atoms with Gasteiger partial charge in [-0.1, -0.05) is 6.92 Å². The van der Waals surface area contributed by atoms with Crippen molar-refractivity contribution in [1.29, 1.82) is 0 Å². The van der Waals surface area contributed by atoms with Crippen LogP contribution in [0, 0.1) is 5.92 Å². The Kier molecular flexibility index (Phi) is 4.37. The topological polar surface area (TPSA) is 78.4 Å². The van der Waals surface area contributed by atoms with E-state index in [1.165, 1.54) is 0 Å². The maximum Gasteiger partial charge on any atom is 0.315 e. The van der Waals surface area contributed by atoms with E-state index in [9.17, 15) is 9.59 Å². The third-order valence-electron chi connectivity index (χ3n) is 3.45. The number of carbonyl (C=O) groups excluding carboxylic acids is 1. The zero-order chi connectivity index (χ0) is 13.1. The number of hydrogen-bond donors (Lipinski definition) is 3. The number of amides is 2. The summed E-state index contributed by atoms with van der Waals surface area (Å²) in [6.07, 6.45) is 2.78. The fourth-order valence-corrected chi connectivity index (χ4v) is 1.95. The molecule has 0 spiro atoms. The first-order chi connectivity index (χ1) is 7.84. The van der Waals surface area contributed by atoms with Crippen LogP contribution in [0.2, 0.25) is 0 Å². The van der Waals surface area contributed by atoms with E-state index in [2.05, 4.69) is 10.6 Å². The van der Waals surface area contributed by atoms with Gasteiger partial charge < -0.3 is 15.7 Å². The van der Waals surface area contributed by atoms with Gasteiger partial charge in [-0.3, -0.25) is 4.79 Å². The number of nitrogens with one attached hydrogen (secondary N) is 2. The minimum absolute atomic E-state index is 0.0104. The second-order valence-electron chi connectivity index (χ2n) is 5.38. The molecule has 17 heavy (non-hydrogen) atoms. The van der Waals surface area contributed by atoms with Crippen molar-refractivity contribution in [2.45, 2.75) is 58.0 Å². The largest absolute Gasteiger partial charge is 0.481 e. The molecule has 0 radical (unpaired) electrons. The van der Waals surface area contributed by atoms with Crippen molar-refractivity contribution < 1.29 is 14.7 Å². The molecule has 3 N–H and O–H groups in total. The van der Waals surface area contributed by atoms with Crippen LogP contribution in [-0.4, -0.2) is 28.7 Å². The lowest BCUT2D eigenvalue weighted by Crippen LogP contribution is -2.50. The van der Waals surface area contributed by atoms with Gasteiger partial charge in [0.2, 0.25) is 0 Å². The van der Waals surface area contributed by atoms with Crippen molar-refractivity contribution in [3.63, 3.8) is 0 Å². The molecule has 0 aromatic carbocycles. The van der Waals surface area contributed by atoms with E-state index >= 15 is 0 Å². The third-order valence-corrected chi connectivity index (χ3v) is 3.45. The first-order valence-corrected chi connectivity index (χ1v) is 6.15. The monoisotopic (exact) mass is 242 g/mol. The smallest absolute Gasteiger partial charge is 0.315 e. The molecule has 0 aromatic heterocycles. The van der Waals surface area contributed by atoms with Crippen molar-refractivity contribution in [1.82, 2.24) is 10.6 Å². The normalized spacial score (nSPS) is 24.4. The minimum atomic E-state index is -0.761. The number of rotatable bonds is 4. The molecule has 5 heteroatoms. The summed E-state index contributed by atoms with van der Waals surface area (Å²) >= 11 is 0. The first-order valence-electron chi connectivity index (χ1n) is 6.15. The minimum Gasteiger partial charge on any atom is -0.481 e. The molecule has 98 valence electrons. The lowest BCUT2D eigenvalue weighted by atomic mass is 10.0. The van der Waals surface area contributed by atoms with E-state index in [0.29, 0.717) is 12.8 Å².